The molecule has 0 amide bonds. The molecule has 0 aliphatic heterocycles. The summed E-state index contributed by atoms with van der Waals surface area (Å²) in [6.07, 6.45) is 13.0. The molecule has 0 radical (unpaired) electrons. The number of aliphatic hydroxyl groups is 2. The predicted molar refractivity (Wildman–Crippen MR) is 83.6 cm³/mol. The molecule has 116 valence electrons. The Labute approximate surface area is 127 Å². The van der Waals surface area contributed by atoms with Crippen molar-refractivity contribution in [3.05, 3.63) is 23.8 Å². The van der Waals surface area contributed by atoms with Gasteiger partial charge in [0.15, 0.2) is 0 Å². The van der Waals surface area contributed by atoms with Gasteiger partial charge < -0.3 is 10.2 Å². The van der Waals surface area contributed by atoms with E-state index in [-0.39, 0.29) is 23.0 Å². The van der Waals surface area contributed by atoms with Gasteiger partial charge in [-0.1, -0.05) is 37.6 Å². The molecule has 0 spiro atoms. The van der Waals surface area contributed by atoms with Crippen LogP contribution in [-0.4, -0.2) is 22.4 Å². The molecule has 4 rings (SSSR count). The standard InChI is InChI=1S/C19H28O2/c1-18-9-7-13(20)11-12(18)3-4-14-15-5-6-17(21)19(15,2)10-8-16(14)18/h4,7,9,12-13,15-17,20-21H,3,5-6,8,10-11H2,1-2H3/t12-,13+,15+,16+,17+,18+,19+/m1/s1. The maximum absolute atomic E-state index is 10.4. The molecule has 2 saturated carbocycles. The van der Waals surface area contributed by atoms with Crippen molar-refractivity contribution in [1.29, 1.82) is 0 Å². The van der Waals surface area contributed by atoms with Gasteiger partial charge >= 0.3 is 0 Å². The number of hydrogen-bond acceptors (Lipinski definition) is 2. The SMILES string of the molecule is C[C@]12C=C[C@H](O)C[C@H]1CC=C1[C@@H]2CC[C@]2(C)[C@@H](O)CC[C@@H]12. The first kappa shape index (κ1) is 14.0. The molecular formula is C19H28O2. The Balaban J connectivity index is 1.72. The van der Waals surface area contributed by atoms with E-state index in [0.717, 1.165) is 32.1 Å². The van der Waals surface area contributed by atoms with Crippen LogP contribution in [0.5, 0.6) is 0 Å². The summed E-state index contributed by atoms with van der Waals surface area (Å²) in [4.78, 5) is 0. The first-order valence-electron chi connectivity index (χ1n) is 8.70. The van der Waals surface area contributed by atoms with Gasteiger partial charge in [-0.05, 0) is 61.7 Å². The first-order valence-corrected chi connectivity index (χ1v) is 8.70. The molecule has 2 heteroatoms. The second-order valence-electron chi connectivity index (χ2n) is 8.41. The van der Waals surface area contributed by atoms with Crippen LogP contribution in [-0.2, 0) is 0 Å². The largest absolute Gasteiger partial charge is 0.393 e. The lowest BCUT2D eigenvalue weighted by molar-refractivity contribution is -0.00725. The van der Waals surface area contributed by atoms with E-state index in [2.05, 4.69) is 26.0 Å². The fourth-order valence-electron chi connectivity index (χ4n) is 6.03. The van der Waals surface area contributed by atoms with Crippen LogP contribution in [0.2, 0.25) is 0 Å². The molecule has 2 nitrogen and oxygen atoms in total. The van der Waals surface area contributed by atoms with Gasteiger partial charge in [-0.15, -0.1) is 0 Å². The molecule has 0 heterocycles. The van der Waals surface area contributed by atoms with E-state index in [4.69, 9.17) is 0 Å². The number of hydrogen-bond donors (Lipinski definition) is 2. The van der Waals surface area contributed by atoms with Gasteiger partial charge in [0.05, 0.1) is 12.2 Å². The van der Waals surface area contributed by atoms with E-state index < -0.39 is 0 Å². The molecule has 0 saturated heterocycles. The fraction of sp³-hybridized carbons (Fsp3) is 0.789. The first-order chi connectivity index (χ1) is 9.95. The summed E-state index contributed by atoms with van der Waals surface area (Å²) in [5.74, 6) is 1.80. The van der Waals surface area contributed by atoms with Crippen LogP contribution in [0, 0.1) is 28.6 Å². The van der Waals surface area contributed by atoms with E-state index in [1.54, 1.807) is 5.57 Å². The van der Waals surface area contributed by atoms with Crippen molar-refractivity contribution in [2.75, 3.05) is 0 Å². The zero-order valence-corrected chi connectivity index (χ0v) is 13.3. The van der Waals surface area contributed by atoms with Crippen molar-refractivity contribution in [2.45, 2.75) is 64.6 Å². The molecule has 0 aromatic rings. The Morgan fingerprint density at radius 2 is 1.90 bits per heavy atom. The van der Waals surface area contributed by atoms with E-state index in [0.29, 0.717) is 17.8 Å². The average molecular weight is 288 g/mol. The number of aliphatic hydroxyl groups excluding tert-OH is 2. The van der Waals surface area contributed by atoms with Crippen molar-refractivity contribution in [2.24, 2.45) is 28.6 Å². The van der Waals surface area contributed by atoms with Crippen LogP contribution in [0.15, 0.2) is 23.8 Å². The highest BCUT2D eigenvalue weighted by Gasteiger charge is 2.56. The molecule has 7 atom stereocenters. The lowest BCUT2D eigenvalue weighted by atomic mass is 9.50. The van der Waals surface area contributed by atoms with Crippen LogP contribution in [0.25, 0.3) is 0 Å². The summed E-state index contributed by atoms with van der Waals surface area (Å²) in [5.41, 5.74) is 1.97. The number of allylic oxidation sites excluding steroid dienone is 3. The average Bonchev–Trinajstić information content (AvgIpc) is 2.76. The molecule has 2 fully saturated rings. The minimum atomic E-state index is -0.250. The summed E-state index contributed by atoms with van der Waals surface area (Å²) in [5, 5.41) is 20.4. The van der Waals surface area contributed by atoms with Gasteiger partial charge in [0.2, 0.25) is 0 Å². The Morgan fingerprint density at radius 3 is 2.71 bits per heavy atom. The highest BCUT2D eigenvalue weighted by molar-refractivity contribution is 5.31. The summed E-state index contributed by atoms with van der Waals surface area (Å²) in [6, 6.07) is 0. The van der Waals surface area contributed by atoms with Gasteiger partial charge in [0, 0.05) is 5.41 Å². The molecule has 0 aromatic carbocycles. The zero-order chi connectivity index (χ0) is 14.8. The lowest BCUT2D eigenvalue weighted by Crippen LogP contribution is -2.48. The Hall–Kier alpha value is -0.600. The highest BCUT2D eigenvalue weighted by atomic mass is 16.3. The van der Waals surface area contributed by atoms with Crippen molar-refractivity contribution in [1.82, 2.24) is 0 Å². The smallest absolute Gasteiger partial charge is 0.0724 e. The maximum Gasteiger partial charge on any atom is 0.0724 e. The van der Waals surface area contributed by atoms with E-state index in [9.17, 15) is 10.2 Å². The van der Waals surface area contributed by atoms with Crippen LogP contribution in [0.1, 0.15) is 52.4 Å². The molecule has 21 heavy (non-hydrogen) atoms. The third kappa shape index (κ3) is 1.78. The second kappa shape index (κ2) is 4.45. The minimum absolute atomic E-state index is 0.112. The topological polar surface area (TPSA) is 40.5 Å². The maximum atomic E-state index is 10.4. The summed E-state index contributed by atoms with van der Waals surface area (Å²) < 4.78 is 0. The second-order valence-corrected chi connectivity index (χ2v) is 8.41. The van der Waals surface area contributed by atoms with Crippen molar-refractivity contribution in [3.8, 4) is 0 Å². The van der Waals surface area contributed by atoms with Crippen molar-refractivity contribution >= 4 is 0 Å². The third-order valence-electron chi connectivity index (χ3n) is 7.53. The summed E-state index contributed by atoms with van der Waals surface area (Å²) in [6.45, 7) is 4.72. The molecule has 0 bridgehead atoms. The molecule has 0 unspecified atom stereocenters. The molecule has 0 aromatic heterocycles. The molecule has 4 aliphatic carbocycles. The third-order valence-corrected chi connectivity index (χ3v) is 7.53. The normalized spacial score (nSPS) is 55.4. The van der Waals surface area contributed by atoms with E-state index in [1.807, 2.05) is 6.08 Å². The monoisotopic (exact) mass is 288 g/mol. The van der Waals surface area contributed by atoms with Crippen LogP contribution < -0.4 is 0 Å². The van der Waals surface area contributed by atoms with Crippen molar-refractivity contribution < 1.29 is 10.2 Å². The quantitative estimate of drug-likeness (QED) is 0.670. The predicted octanol–water partition coefficient (Wildman–Crippen LogP) is 3.45. The molecule has 4 aliphatic rings. The van der Waals surface area contributed by atoms with E-state index >= 15 is 0 Å². The Bertz CT molecular complexity index is 508. The lowest BCUT2D eigenvalue weighted by Gasteiger charge is -2.55. The van der Waals surface area contributed by atoms with E-state index in [1.165, 1.54) is 6.42 Å². The van der Waals surface area contributed by atoms with Crippen molar-refractivity contribution in [3.63, 3.8) is 0 Å². The molecular weight excluding hydrogens is 260 g/mol. The van der Waals surface area contributed by atoms with Gasteiger partial charge in [-0.25, -0.2) is 0 Å². The Kier molecular flexibility index (Phi) is 2.97. The Morgan fingerprint density at radius 1 is 1.10 bits per heavy atom. The molecule has 2 N–H and O–H groups in total. The zero-order valence-electron chi connectivity index (χ0n) is 13.3. The number of rotatable bonds is 0. The number of fused-ring (bicyclic) bond motifs is 5. The van der Waals surface area contributed by atoms with Crippen LogP contribution in [0.3, 0.4) is 0 Å². The summed E-state index contributed by atoms with van der Waals surface area (Å²) >= 11 is 0. The van der Waals surface area contributed by atoms with Gasteiger partial charge in [-0.2, -0.15) is 0 Å². The van der Waals surface area contributed by atoms with Crippen LogP contribution in [0.4, 0.5) is 0 Å². The van der Waals surface area contributed by atoms with Gasteiger partial charge in [0.1, 0.15) is 0 Å². The summed E-state index contributed by atoms with van der Waals surface area (Å²) in [7, 11) is 0. The highest BCUT2D eigenvalue weighted by Crippen LogP contribution is 2.63. The van der Waals surface area contributed by atoms with Gasteiger partial charge in [0.25, 0.3) is 0 Å². The fourth-order valence-corrected chi connectivity index (χ4v) is 6.03. The van der Waals surface area contributed by atoms with Crippen LogP contribution >= 0.6 is 0 Å². The minimum Gasteiger partial charge on any atom is -0.393 e. The van der Waals surface area contributed by atoms with Gasteiger partial charge in [-0.3, -0.25) is 0 Å².